The zero-order chi connectivity index (χ0) is 26.1. The minimum atomic E-state index is -2.82. The molecule has 0 amide bonds. The zero-order valence-electron chi connectivity index (χ0n) is 20.3. The smallest absolute Gasteiger partial charge is 0.314 e. The van der Waals surface area contributed by atoms with Crippen LogP contribution in [0.1, 0.15) is 43.3 Å². The van der Waals surface area contributed by atoms with Crippen LogP contribution in [0.3, 0.4) is 0 Å². The van der Waals surface area contributed by atoms with E-state index in [0.29, 0.717) is 17.7 Å². The topological polar surface area (TPSA) is 80.5 Å². The summed E-state index contributed by atoms with van der Waals surface area (Å²) in [6.45, 7) is 11.5. The number of halogens is 2. The van der Waals surface area contributed by atoms with E-state index in [1.165, 1.54) is 0 Å². The summed E-state index contributed by atoms with van der Waals surface area (Å²) in [6.07, 6.45) is 5.21. The maximum Gasteiger partial charge on any atom is 0.314 e. The molecule has 186 valence electrons. The van der Waals surface area contributed by atoms with E-state index in [4.69, 9.17) is 10.2 Å². The Morgan fingerprint density at radius 3 is 2.33 bits per heavy atom. The molecule has 2 N–H and O–H groups in total. The first-order valence-electron chi connectivity index (χ1n) is 11.3. The van der Waals surface area contributed by atoms with Crippen molar-refractivity contribution in [1.82, 2.24) is 15.2 Å². The van der Waals surface area contributed by atoms with Gasteiger partial charge in [-0.2, -0.15) is 13.9 Å². The van der Waals surface area contributed by atoms with E-state index in [9.17, 15) is 8.78 Å². The summed E-state index contributed by atoms with van der Waals surface area (Å²) in [4.78, 5) is 0. The molecule has 1 unspecified atom stereocenters. The lowest BCUT2D eigenvalue weighted by atomic mass is 9.97. The summed E-state index contributed by atoms with van der Waals surface area (Å²) in [5, 5.41) is 13.2. The monoisotopic (exact) mass is 489 g/mol. The van der Waals surface area contributed by atoms with Gasteiger partial charge in [-0.05, 0) is 60.8 Å². The maximum absolute atomic E-state index is 12.8. The Balaban J connectivity index is 1.98. The van der Waals surface area contributed by atoms with Crippen molar-refractivity contribution in [1.29, 1.82) is 0 Å². The Kier molecular flexibility index (Phi) is 9.05. The molecule has 0 aliphatic rings. The van der Waals surface area contributed by atoms with Crippen LogP contribution in [-0.2, 0) is 6.42 Å². The predicted molar refractivity (Wildman–Crippen MR) is 139 cm³/mol. The molecule has 3 aromatic rings. The van der Waals surface area contributed by atoms with Gasteiger partial charge in [-0.25, -0.2) is 0 Å². The second kappa shape index (κ2) is 12.4. The molecule has 0 saturated heterocycles. The average Bonchev–Trinajstić information content (AvgIpc) is 3.38. The highest BCUT2D eigenvalue weighted by molar-refractivity contribution is 5.53. The molecule has 1 heterocycles. The first-order chi connectivity index (χ1) is 17.3. The lowest BCUT2D eigenvalue weighted by Gasteiger charge is -2.28. The van der Waals surface area contributed by atoms with Crippen molar-refractivity contribution >= 4 is 6.72 Å². The molecule has 1 aromatic heterocycles. The number of aromatic nitrogens is 2. The fourth-order valence-electron chi connectivity index (χ4n) is 3.57. The van der Waals surface area contributed by atoms with Crippen LogP contribution in [0.4, 0.5) is 8.78 Å². The van der Waals surface area contributed by atoms with E-state index >= 15 is 0 Å². The fourth-order valence-corrected chi connectivity index (χ4v) is 3.57. The first kappa shape index (κ1) is 26.3. The number of nitrogens with zero attached hydrogens (tertiary/aromatic N) is 4. The molecule has 0 bridgehead atoms. The first-order valence-corrected chi connectivity index (χ1v) is 11.3. The summed E-state index contributed by atoms with van der Waals surface area (Å²) < 4.78 is 30.7. The van der Waals surface area contributed by atoms with Gasteiger partial charge in [-0.1, -0.05) is 61.2 Å². The van der Waals surface area contributed by atoms with Gasteiger partial charge in [-0.3, -0.25) is 5.01 Å². The third-order valence-corrected chi connectivity index (χ3v) is 5.45. The van der Waals surface area contributed by atoms with Crippen LogP contribution in [0, 0.1) is 0 Å². The largest absolute Gasteiger partial charge is 0.415 e. The second-order valence-electron chi connectivity index (χ2n) is 8.14. The van der Waals surface area contributed by atoms with Gasteiger partial charge in [0.2, 0.25) is 5.89 Å². The molecule has 0 aliphatic carbocycles. The van der Waals surface area contributed by atoms with E-state index in [1.54, 1.807) is 23.2 Å². The third kappa shape index (κ3) is 6.85. The van der Waals surface area contributed by atoms with Crippen molar-refractivity contribution in [2.24, 2.45) is 10.8 Å². The number of hydrazone groups is 1. The molecule has 0 saturated carbocycles. The van der Waals surface area contributed by atoms with Crippen molar-refractivity contribution in [3.8, 4) is 11.5 Å². The number of alkyl halides is 2. The molecule has 2 aromatic carbocycles. The number of allylic oxidation sites excluding steroid dienone is 6. The highest BCUT2D eigenvalue weighted by Gasteiger charge is 2.21. The Hall–Kier alpha value is -4.33. The molecule has 0 fully saturated rings. The number of hydrogen-bond acceptors (Lipinski definition) is 6. The fraction of sp³-hybridized carbons (Fsp3) is 0.179. The molecular formula is C28H29F2N5O. The van der Waals surface area contributed by atoms with Crippen molar-refractivity contribution in [3.05, 3.63) is 119 Å². The molecule has 6 nitrogen and oxygen atoms in total. The van der Waals surface area contributed by atoms with Crippen molar-refractivity contribution in [3.63, 3.8) is 0 Å². The number of hydrogen-bond donors (Lipinski definition) is 1. The molecule has 1 atom stereocenters. The highest BCUT2D eigenvalue weighted by atomic mass is 19.3. The Morgan fingerprint density at radius 2 is 1.78 bits per heavy atom. The molecule has 0 aliphatic heterocycles. The molecule has 8 heteroatoms. The van der Waals surface area contributed by atoms with E-state index in [2.05, 4.69) is 28.6 Å². The molecule has 36 heavy (non-hydrogen) atoms. The van der Waals surface area contributed by atoms with Gasteiger partial charge in [0.05, 0.1) is 6.04 Å². The SMILES string of the molecule is C=CC(=C\C=C(/C)N)/C(C)=C/N(N=C)C(Cc1ccccc1)c1ccc(-c2nnc(C(F)F)o2)cc1. The lowest BCUT2D eigenvalue weighted by Crippen LogP contribution is -2.21. The van der Waals surface area contributed by atoms with E-state index in [1.807, 2.05) is 74.7 Å². The predicted octanol–water partition coefficient (Wildman–Crippen LogP) is 6.75. The van der Waals surface area contributed by atoms with Crippen LogP contribution in [0.5, 0.6) is 0 Å². The van der Waals surface area contributed by atoms with Crippen LogP contribution in [0.15, 0.2) is 112 Å². The Morgan fingerprint density at radius 1 is 1.08 bits per heavy atom. The van der Waals surface area contributed by atoms with Gasteiger partial charge in [0.1, 0.15) is 0 Å². The van der Waals surface area contributed by atoms with Gasteiger partial charge < -0.3 is 10.2 Å². The summed E-state index contributed by atoms with van der Waals surface area (Å²) >= 11 is 0. The van der Waals surface area contributed by atoms with Gasteiger partial charge in [0, 0.05) is 24.2 Å². The lowest BCUT2D eigenvalue weighted by molar-refractivity contribution is 0.116. The van der Waals surface area contributed by atoms with E-state index in [-0.39, 0.29) is 11.9 Å². The Labute approximate surface area is 209 Å². The number of nitrogens with two attached hydrogens (primary N) is 1. The number of benzene rings is 2. The van der Waals surface area contributed by atoms with Crippen LogP contribution in [-0.4, -0.2) is 21.9 Å². The summed E-state index contributed by atoms with van der Waals surface area (Å²) in [6, 6.07) is 17.1. The Bertz CT molecular complexity index is 1260. The van der Waals surface area contributed by atoms with Crippen molar-refractivity contribution < 1.29 is 13.2 Å². The van der Waals surface area contributed by atoms with Crippen molar-refractivity contribution in [2.45, 2.75) is 32.7 Å². The summed E-state index contributed by atoms with van der Waals surface area (Å²) in [5.41, 5.74) is 10.9. The minimum Gasteiger partial charge on any atom is -0.415 e. The molecule has 0 radical (unpaired) electrons. The van der Waals surface area contributed by atoms with Gasteiger partial charge >= 0.3 is 6.43 Å². The van der Waals surface area contributed by atoms with Gasteiger partial charge in [0.25, 0.3) is 5.89 Å². The van der Waals surface area contributed by atoms with Gasteiger partial charge in [0.15, 0.2) is 0 Å². The summed E-state index contributed by atoms with van der Waals surface area (Å²) in [7, 11) is 0. The van der Waals surface area contributed by atoms with Crippen LogP contribution < -0.4 is 5.73 Å². The minimum absolute atomic E-state index is 0.0370. The highest BCUT2D eigenvalue weighted by Crippen LogP contribution is 2.30. The zero-order valence-corrected chi connectivity index (χ0v) is 20.3. The van der Waals surface area contributed by atoms with E-state index in [0.717, 1.165) is 22.3 Å². The van der Waals surface area contributed by atoms with Crippen LogP contribution in [0.2, 0.25) is 0 Å². The van der Waals surface area contributed by atoms with Crippen molar-refractivity contribution in [2.75, 3.05) is 0 Å². The van der Waals surface area contributed by atoms with Gasteiger partial charge in [-0.15, -0.1) is 10.2 Å². The molecule has 0 spiro atoms. The standard InChI is InChI=1S/C28H29F2N5O/c1-5-22(12-11-20(3)31)19(2)18-35(32-4)25(17-21-9-7-6-8-10-21)23-13-15-24(16-14-23)27-33-34-28(36-27)26(29)30/h5-16,18,25-26H,1,4,17,31H2,2-3H3/b19-18+,20-11+,22-12+. The molecule has 3 rings (SSSR count). The van der Waals surface area contributed by atoms with Crippen LogP contribution >= 0.6 is 0 Å². The second-order valence-corrected chi connectivity index (χ2v) is 8.14. The maximum atomic E-state index is 12.8. The molecular weight excluding hydrogens is 460 g/mol. The summed E-state index contributed by atoms with van der Waals surface area (Å²) in [5.74, 6) is -0.667. The average molecular weight is 490 g/mol. The quantitative estimate of drug-likeness (QED) is 0.183. The van der Waals surface area contributed by atoms with E-state index < -0.39 is 12.3 Å². The number of rotatable bonds is 11. The normalized spacial score (nSPS) is 13.5. The third-order valence-electron chi connectivity index (χ3n) is 5.45. The van der Waals surface area contributed by atoms with Crippen LogP contribution in [0.25, 0.3) is 11.5 Å².